The van der Waals surface area contributed by atoms with Gasteiger partial charge in [-0.3, -0.25) is 0 Å². The predicted molar refractivity (Wildman–Crippen MR) is 38.3 cm³/mol. The van der Waals surface area contributed by atoms with Crippen LogP contribution in [0.3, 0.4) is 0 Å². The molecule has 38 valence electrons. The summed E-state index contributed by atoms with van der Waals surface area (Å²) >= 11 is 2.09. The average molecular weight is 126 g/mol. The van der Waals surface area contributed by atoms with Crippen molar-refractivity contribution in [3.8, 4) is 0 Å². The van der Waals surface area contributed by atoms with Gasteiger partial charge in [-0.1, -0.05) is 6.42 Å². The number of thioether (sulfide) groups is 1. The molecule has 1 rings (SSSR count). The molecule has 0 N–H and O–H groups in total. The standard InChI is InChI=1S/C5H10S.Na.H/c1-2-4-6-5-3-1;;/h1-5H2;;. The molecule has 1 fully saturated rings. The Balaban J connectivity index is 0.000000360. The fraction of sp³-hybridized carbons (Fsp3) is 1.00. The number of rotatable bonds is 0. The molecular formula is C5H11NaS. The normalized spacial score (nSPS) is 20.6. The van der Waals surface area contributed by atoms with Crippen LogP contribution >= 0.6 is 11.8 Å². The minimum atomic E-state index is 0. The Kier molecular flexibility index (Phi) is 6.54. The van der Waals surface area contributed by atoms with Crippen molar-refractivity contribution in [2.45, 2.75) is 19.3 Å². The van der Waals surface area contributed by atoms with Gasteiger partial charge in [-0.25, -0.2) is 0 Å². The van der Waals surface area contributed by atoms with Gasteiger partial charge in [0, 0.05) is 0 Å². The summed E-state index contributed by atoms with van der Waals surface area (Å²) in [5, 5.41) is 0. The van der Waals surface area contributed by atoms with Gasteiger partial charge in [-0.05, 0) is 24.3 Å². The molecule has 1 saturated heterocycles. The van der Waals surface area contributed by atoms with Crippen molar-refractivity contribution in [1.82, 2.24) is 0 Å². The maximum absolute atomic E-state index is 2.09. The van der Waals surface area contributed by atoms with Crippen LogP contribution in [0.5, 0.6) is 0 Å². The Labute approximate surface area is 71.7 Å². The van der Waals surface area contributed by atoms with Crippen LogP contribution in [0.15, 0.2) is 0 Å². The van der Waals surface area contributed by atoms with Crippen LogP contribution in [-0.4, -0.2) is 41.1 Å². The van der Waals surface area contributed by atoms with Crippen molar-refractivity contribution in [2.75, 3.05) is 11.5 Å². The predicted octanol–water partition coefficient (Wildman–Crippen LogP) is 1.25. The van der Waals surface area contributed by atoms with Crippen LogP contribution in [0.4, 0.5) is 0 Å². The molecule has 0 nitrogen and oxygen atoms in total. The van der Waals surface area contributed by atoms with Crippen LogP contribution in [0.2, 0.25) is 0 Å². The number of hydrogen-bond acceptors (Lipinski definition) is 1. The molecule has 0 aromatic carbocycles. The summed E-state index contributed by atoms with van der Waals surface area (Å²) < 4.78 is 0. The monoisotopic (exact) mass is 126 g/mol. The third-order valence-electron chi connectivity index (χ3n) is 1.08. The second-order valence-corrected chi connectivity index (χ2v) is 2.90. The molecule has 0 aromatic rings. The molecule has 1 aliphatic heterocycles. The summed E-state index contributed by atoms with van der Waals surface area (Å²) in [4.78, 5) is 0. The van der Waals surface area contributed by atoms with Gasteiger partial charge >= 0.3 is 29.6 Å². The summed E-state index contributed by atoms with van der Waals surface area (Å²) in [6, 6.07) is 0. The van der Waals surface area contributed by atoms with Gasteiger partial charge in [0.15, 0.2) is 0 Å². The maximum atomic E-state index is 2.09. The molecule has 0 unspecified atom stereocenters. The zero-order chi connectivity index (χ0) is 4.24. The molecule has 0 atom stereocenters. The van der Waals surface area contributed by atoms with Crippen LogP contribution in [0.1, 0.15) is 19.3 Å². The van der Waals surface area contributed by atoms with Crippen LogP contribution in [0.25, 0.3) is 0 Å². The summed E-state index contributed by atoms with van der Waals surface area (Å²) in [5.74, 6) is 2.83. The quantitative estimate of drug-likeness (QED) is 0.440. The van der Waals surface area contributed by atoms with Crippen molar-refractivity contribution in [1.29, 1.82) is 0 Å². The van der Waals surface area contributed by atoms with E-state index >= 15 is 0 Å². The van der Waals surface area contributed by atoms with E-state index in [0.717, 1.165) is 0 Å². The average Bonchev–Trinajstić information content (AvgIpc) is 1.72. The molecule has 2 heteroatoms. The molecule has 0 spiro atoms. The van der Waals surface area contributed by atoms with Gasteiger partial charge in [0.2, 0.25) is 0 Å². The van der Waals surface area contributed by atoms with E-state index in [9.17, 15) is 0 Å². The number of hydrogen-bond donors (Lipinski definition) is 0. The van der Waals surface area contributed by atoms with E-state index in [1.54, 1.807) is 0 Å². The molecule has 1 aliphatic rings. The zero-order valence-electron chi connectivity index (χ0n) is 3.94. The zero-order valence-corrected chi connectivity index (χ0v) is 4.76. The van der Waals surface area contributed by atoms with Gasteiger partial charge in [0.1, 0.15) is 0 Å². The Morgan fingerprint density at radius 2 is 1.43 bits per heavy atom. The van der Waals surface area contributed by atoms with E-state index < -0.39 is 0 Å². The first kappa shape index (κ1) is 8.35. The van der Waals surface area contributed by atoms with E-state index in [4.69, 9.17) is 0 Å². The Morgan fingerprint density at radius 3 is 1.57 bits per heavy atom. The van der Waals surface area contributed by atoms with Gasteiger partial charge in [-0.2, -0.15) is 11.8 Å². The molecule has 0 bridgehead atoms. The summed E-state index contributed by atoms with van der Waals surface area (Å²) in [6.07, 6.45) is 4.41. The van der Waals surface area contributed by atoms with E-state index in [-0.39, 0.29) is 29.6 Å². The van der Waals surface area contributed by atoms with Crippen molar-refractivity contribution >= 4 is 41.3 Å². The second kappa shape index (κ2) is 5.49. The minimum absolute atomic E-state index is 0. The van der Waals surface area contributed by atoms with Crippen molar-refractivity contribution in [3.05, 3.63) is 0 Å². The van der Waals surface area contributed by atoms with Gasteiger partial charge in [-0.15, -0.1) is 0 Å². The Bertz CT molecular complexity index is 23.6. The van der Waals surface area contributed by atoms with Crippen molar-refractivity contribution in [3.63, 3.8) is 0 Å². The summed E-state index contributed by atoms with van der Waals surface area (Å²) in [7, 11) is 0. The molecule has 1 heterocycles. The third kappa shape index (κ3) is 3.89. The summed E-state index contributed by atoms with van der Waals surface area (Å²) in [5.41, 5.74) is 0. The first-order chi connectivity index (χ1) is 3.00. The van der Waals surface area contributed by atoms with E-state index in [2.05, 4.69) is 11.8 Å². The SMILES string of the molecule is C1CCSCC1.[NaH]. The van der Waals surface area contributed by atoms with Gasteiger partial charge in [0.25, 0.3) is 0 Å². The fourth-order valence-corrected chi connectivity index (χ4v) is 1.71. The van der Waals surface area contributed by atoms with Crippen LogP contribution in [-0.2, 0) is 0 Å². The van der Waals surface area contributed by atoms with Crippen molar-refractivity contribution < 1.29 is 0 Å². The molecule has 7 heavy (non-hydrogen) atoms. The van der Waals surface area contributed by atoms with Crippen molar-refractivity contribution in [2.24, 2.45) is 0 Å². The molecule has 0 aliphatic carbocycles. The Morgan fingerprint density at radius 1 is 0.857 bits per heavy atom. The van der Waals surface area contributed by atoms with Gasteiger partial charge < -0.3 is 0 Å². The molecule has 0 aromatic heterocycles. The summed E-state index contributed by atoms with van der Waals surface area (Å²) in [6.45, 7) is 0. The van der Waals surface area contributed by atoms with Gasteiger partial charge in [0.05, 0.1) is 0 Å². The molecule has 0 saturated carbocycles. The first-order valence-corrected chi connectivity index (χ1v) is 3.73. The third-order valence-corrected chi connectivity index (χ3v) is 2.23. The van der Waals surface area contributed by atoms with Crippen LogP contribution < -0.4 is 0 Å². The van der Waals surface area contributed by atoms with E-state index in [1.807, 2.05) is 0 Å². The van der Waals surface area contributed by atoms with E-state index in [1.165, 1.54) is 30.8 Å². The topological polar surface area (TPSA) is 0 Å². The fourth-order valence-electron chi connectivity index (χ4n) is 0.687. The van der Waals surface area contributed by atoms with E-state index in [0.29, 0.717) is 0 Å². The first-order valence-electron chi connectivity index (χ1n) is 2.58. The second-order valence-electron chi connectivity index (χ2n) is 1.67. The Hall–Kier alpha value is 1.35. The molecule has 0 amide bonds. The molecule has 0 radical (unpaired) electrons. The van der Waals surface area contributed by atoms with Crippen LogP contribution in [0, 0.1) is 0 Å². The molecular weight excluding hydrogens is 115 g/mol.